The molecule has 0 aromatic heterocycles. The Hall–Kier alpha value is -0.690. The molecular weight excluding hydrogens is 318 g/mol. The number of nitrogens with one attached hydrogen (secondary N) is 1. The highest BCUT2D eigenvalue weighted by molar-refractivity contribution is 5.78. The molecule has 1 saturated carbocycles. The lowest BCUT2D eigenvalue weighted by molar-refractivity contribution is -0.124. The van der Waals surface area contributed by atoms with Gasteiger partial charge in [-0.15, -0.1) is 0 Å². The summed E-state index contributed by atoms with van der Waals surface area (Å²) in [6.07, 6.45) is 8.71. The molecule has 0 spiro atoms. The fraction of sp³-hybridized carbons (Fsp3) is 0.947. The summed E-state index contributed by atoms with van der Waals surface area (Å²) in [5, 5.41) is 3.27. The van der Waals surface area contributed by atoms with Gasteiger partial charge in [0, 0.05) is 45.4 Å². The first-order valence-electron chi connectivity index (χ1n) is 10.1. The van der Waals surface area contributed by atoms with Crippen LogP contribution >= 0.6 is 0 Å². The molecule has 3 fully saturated rings. The maximum absolute atomic E-state index is 12.5. The predicted molar refractivity (Wildman–Crippen MR) is 97.7 cm³/mol. The third-order valence-electron chi connectivity index (χ3n) is 6.32. The zero-order chi connectivity index (χ0) is 17.5. The zero-order valence-corrected chi connectivity index (χ0v) is 15.8. The van der Waals surface area contributed by atoms with E-state index >= 15 is 0 Å². The zero-order valence-electron chi connectivity index (χ0n) is 15.8. The number of amides is 1. The number of likely N-dealkylation sites (tertiary alicyclic amines) is 1. The van der Waals surface area contributed by atoms with Crippen LogP contribution in [0.25, 0.3) is 0 Å². The highest BCUT2D eigenvalue weighted by Gasteiger charge is 2.38. The van der Waals surface area contributed by atoms with Crippen molar-refractivity contribution in [3.05, 3.63) is 0 Å². The van der Waals surface area contributed by atoms with Crippen LogP contribution in [0.5, 0.6) is 0 Å². The smallest absolute Gasteiger partial charge is 0.234 e. The molecule has 0 aromatic carbocycles. The Labute approximate surface area is 152 Å². The summed E-state index contributed by atoms with van der Waals surface area (Å²) in [5.41, 5.74) is 0.154. The summed E-state index contributed by atoms with van der Waals surface area (Å²) in [4.78, 5) is 17.3. The van der Waals surface area contributed by atoms with Crippen molar-refractivity contribution < 1.29 is 14.3 Å². The van der Waals surface area contributed by atoms with Crippen LogP contribution in [-0.4, -0.2) is 86.9 Å². The number of nitrogens with zero attached hydrogens (tertiary/aromatic N) is 2. The quantitative estimate of drug-likeness (QED) is 0.779. The van der Waals surface area contributed by atoms with E-state index in [1.807, 2.05) is 0 Å². The lowest BCUT2D eigenvalue weighted by Crippen LogP contribution is -2.60. The van der Waals surface area contributed by atoms with Crippen LogP contribution in [-0.2, 0) is 14.3 Å². The Morgan fingerprint density at radius 1 is 1.12 bits per heavy atom. The van der Waals surface area contributed by atoms with E-state index in [9.17, 15) is 4.79 Å². The van der Waals surface area contributed by atoms with Crippen molar-refractivity contribution in [2.24, 2.45) is 0 Å². The second-order valence-electron chi connectivity index (χ2n) is 7.87. The Morgan fingerprint density at radius 3 is 2.44 bits per heavy atom. The number of rotatable bonds is 6. The second-order valence-corrected chi connectivity index (χ2v) is 7.87. The highest BCUT2D eigenvalue weighted by Crippen LogP contribution is 2.33. The number of methoxy groups -OCH3 is 1. The molecule has 2 aliphatic heterocycles. The monoisotopic (exact) mass is 353 g/mol. The van der Waals surface area contributed by atoms with Crippen LogP contribution in [0.4, 0.5) is 0 Å². The van der Waals surface area contributed by atoms with Gasteiger partial charge in [-0.05, 0) is 25.7 Å². The summed E-state index contributed by atoms with van der Waals surface area (Å²) in [5.74, 6) is 0.175. The molecule has 6 nitrogen and oxygen atoms in total. The van der Waals surface area contributed by atoms with E-state index in [-0.39, 0.29) is 11.4 Å². The lowest BCUT2D eigenvalue weighted by Gasteiger charge is -2.48. The molecule has 3 aliphatic rings. The summed E-state index contributed by atoms with van der Waals surface area (Å²) >= 11 is 0. The maximum Gasteiger partial charge on any atom is 0.234 e. The van der Waals surface area contributed by atoms with Gasteiger partial charge in [0.05, 0.1) is 25.9 Å². The van der Waals surface area contributed by atoms with Gasteiger partial charge >= 0.3 is 0 Å². The van der Waals surface area contributed by atoms with Gasteiger partial charge in [-0.3, -0.25) is 14.6 Å². The van der Waals surface area contributed by atoms with Gasteiger partial charge in [0.15, 0.2) is 0 Å². The molecular formula is C19H35N3O3. The molecule has 3 rings (SSSR count). The number of ether oxygens (including phenoxy) is 2. The van der Waals surface area contributed by atoms with E-state index in [2.05, 4.69) is 15.1 Å². The van der Waals surface area contributed by atoms with E-state index in [0.717, 1.165) is 58.8 Å². The molecule has 144 valence electrons. The Bertz CT molecular complexity index is 412. The molecule has 2 heterocycles. The number of hydrogen-bond acceptors (Lipinski definition) is 5. The number of hydrogen-bond donors (Lipinski definition) is 1. The first-order chi connectivity index (χ1) is 12.2. The molecule has 0 radical (unpaired) electrons. The largest absolute Gasteiger partial charge is 0.381 e. The molecule has 0 atom stereocenters. The maximum atomic E-state index is 12.5. The highest BCUT2D eigenvalue weighted by atomic mass is 16.5. The first kappa shape index (κ1) is 19.1. The molecule has 1 amide bonds. The van der Waals surface area contributed by atoms with Crippen molar-refractivity contribution in [3.8, 4) is 0 Å². The van der Waals surface area contributed by atoms with E-state index in [4.69, 9.17) is 9.47 Å². The Balaban J connectivity index is 1.48. The number of piperidine rings is 1. The van der Waals surface area contributed by atoms with Gasteiger partial charge in [0.1, 0.15) is 0 Å². The van der Waals surface area contributed by atoms with Crippen molar-refractivity contribution in [2.45, 2.75) is 56.6 Å². The van der Waals surface area contributed by atoms with Crippen molar-refractivity contribution in [1.82, 2.24) is 15.1 Å². The van der Waals surface area contributed by atoms with E-state index < -0.39 is 0 Å². The predicted octanol–water partition coefficient (Wildman–Crippen LogP) is 1.25. The molecule has 6 heteroatoms. The average Bonchev–Trinajstić information content (AvgIpc) is 2.68. The summed E-state index contributed by atoms with van der Waals surface area (Å²) in [7, 11) is 1.78. The molecule has 1 aliphatic carbocycles. The fourth-order valence-electron chi connectivity index (χ4n) is 4.68. The Kier molecular flexibility index (Phi) is 7.10. The van der Waals surface area contributed by atoms with Gasteiger partial charge in [-0.25, -0.2) is 0 Å². The van der Waals surface area contributed by atoms with Crippen LogP contribution < -0.4 is 5.32 Å². The van der Waals surface area contributed by atoms with Crippen LogP contribution in [0.3, 0.4) is 0 Å². The summed E-state index contributed by atoms with van der Waals surface area (Å²) < 4.78 is 10.9. The van der Waals surface area contributed by atoms with Crippen LogP contribution in [0, 0.1) is 0 Å². The third kappa shape index (κ3) is 5.16. The molecule has 0 unspecified atom stereocenters. The van der Waals surface area contributed by atoms with Crippen molar-refractivity contribution >= 4 is 5.91 Å². The lowest BCUT2D eigenvalue weighted by atomic mass is 9.79. The molecule has 0 aromatic rings. The van der Waals surface area contributed by atoms with Crippen LogP contribution in [0.2, 0.25) is 0 Å². The standard InChI is InChI=1S/C19H35N3O3/c1-24-17-5-9-21(10-6-17)15-18(23)20-16-19(7-3-2-4-8-19)22-11-13-25-14-12-22/h17H,2-16H2,1H3,(H,20,23). The van der Waals surface area contributed by atoms with Crippen molar-refractivity contribution in [3.63, 3.8) is 0 Å². The van der Waals surface area contributed by atoms with Crippen LogP contribution in [0.15, 0.2) is 0 Å². The van der Waals surface area contributed by atoms with Gasteiger partial charge in [0.25, 0.3) is 0 Å². The summed E-state index contributed by atoms with van der Waals surface area (Å²) in [6.45, 7) is 6.88. The van der Waals surface area contributed by atoms with Crippen molar-refractivity contribution in [1.29, 1.82) is 0 Å². The molecule has 0 bridgehead atoms. The molecule has 1 N–H and O–H groups in total. The van der Waals surface area contributed by atoms with Gasteiger partial charge in [0.2, 0.25) is 5.91 Å². The SMILES string of the molecule is COC1CCN(CC(=O)NCC2(N3CCOCC3)CCCCC2)CC1. The minimum Gasteiger partial charge on any atom is -0.381 e. The van der Waals surface area contributed by atoms with E-state index in [1.165, 1.54) is 32.1 Å². The normalized spacial score (nSPS) is 26.4. The van der Waals surface area contributed by atoms with Gasteiger partial charge < -0.3 is 14.8 Å². The first-order valence-corrected chi connectivity index (χ1v) is 10.1. The second kappa shape index (κ2) is 9.31. The average molecular weight is 354 g/mol. The fourth-order valence-corrected chi connectivity index (χ4v) is 4.68. The third-order valence-corrected chi connectivity index (χ3v) is 6.32. The number of carbonyl (C=O) groups excluding carboxylic acids is 1. The van der Waals surface area contributed by atoms with E-state index in [0.29, 0.717) is 12.6 Å². The van der Waals surface area contributed by atoms with Crippen LogP contribution in [0.1, 0.15) is 44.9 Å². The Morgan fingerprint density at radius 2 is 1.80 bits per heavy atom. The van der Waals surface area contributed by atoms with E-state index in [1.54, 1.807) is 7.11 Å². The minimum absolute atomic E-state index is 0.154. The van der Waals surface area contributed by atoms with Gasteiger partial charge in [-0.2, -0.15) is 0 Å². The van der Waals surface area contributed by atoms with Crippen molar-refractivity contribution in [2.75, 3.05) is 59.6 Å². The van der Waals surface area contributed by atoms with Gasteiger partial charge in [-0.1, -0.05) is 19.3 Å². The summed E-state index contributed by atoms with van der Waals surface area (Å²) in [6, 6.07) is 0. The minimum atomic E-state index is 0.154. The number of morpholine rings is 1. The molecule has 2 saturated heterocycles. The molecule has 25 heavy (non-hydrogen) atoms. The number of carbonyl (C=O) groups is 1. The topological polar surface area (TPSA) is 54.0 Å².